The average molecular weight is 470 g/mol. The molecule has 0 radical (unpaired) electrons. The number of hydrogen-bond acceptors (Lipinski definition) is 7. The van der Waals surface area contributed by atoms with Crippen molar-refractivity contribution in [2.75, 3.05) is 18.9 Å². The minimum absolute atomic E-state index is 0.287. The molecule has 0 atom stereocenters. The van der Waals surface area contributed by atoms with E-state index in [-0.39, 0.29) is 18.4 Å². The summed E-state index contributed by atoms with van der Waals surface area (Å²) < 4.78 is 7.39. The third kappa shape index (κ3) is 6.64. The Bertz CT molecular complexity index is 1140. The van der Waals surface area contributed by atoms with Gasteiger partial charge in [0, 0.05) is 31.8 Å². The SMILES string of the molecule is Cc1cc(C)n(-c2cc(NC(=O)N(C)CCCCCCC(=O)NO)nc(-c3ccc(C)o3)n2)n1. The van der Waals surface area contributed by atoms with Crippen LogP contribution in [0.25, 0.3) is 17.4 Å². The van der Waals surface area contributed by atoms with Crippen LogP contribution in [0.2, 0.25) is 0 Å². The summed E-state index contributed by atoms with van der Waals surface area (Å²) in [5, 5.41) is 15.8. The predicted octanol–water partition coefficient (Wildman–Crippen LogP) is 3.77. The molecule has 3 rings (SSSR count). The molecular weight excluding hydrogens is 438 g/mol. The molecule has 0 aromatic carbocycles. The summed E-state index contributed by atoms with van der Waals surface area (Å²) in [4.78, 5) is 34.4. The number of urea groups is 1. The Labute approximate surface area is 198 Å². The van der Waals surface area contributed by atoms with Crippen LogP contribution in [-0.2, 0) is 4.79 Å². The highest BCUT2D eigenvalue weighted by Gasteiger charge is 2.16. The number of furan rings is 1. The molecule has 0 spiro atoms. The third-order valence-corrected chi connectivity index (χ3v) is 5.25. The molecule has 3 N–H and O–H groups in total. The number of amides is 3. The van der Waals surface area contributed by atoms with Gasteiger partial charge >= 0.3 is 6.03 Å². The maximum absolute atomic E-state index is 12.8. The van der Waals surface area contributed by atoms with Crippen LogP contribution in [0.15, 0.2) is 28.7 Å². The number of aromatic nitrogens is 4. The normalized spacial score (nSPS) is 10.9. The van der Waals surface area contributed by atoms with Crippen LogP contribution in [0.4, 0.5) is 10.6 Å². The molecule has 0 fully saturated rings. The van der Waals surface area contributed by atoms with Gasteiger partial charge in [-0.15, -0.1) is 0 Å². The van der Waals surface area contributed by atoms with Crippen molar-refractivity contribution in [3.63, 3.8) is 0 Å². The first kappa shape index (κ1) is 24.9. The fourth-order valence-electron chi connectivity index (χ4n) is 3.48. The molecule has 0 aliphatic carbocycles. The van der Waals surface area contributed by atoms with E-state index in [1.807, 2.05) is 32.9 Å². The molecule has 0 saturated carbocycles. The third-order valence-electron chi connectivity index (χ3n) is 5.25. The molecule has 182 valence electrons. The van der Waals surface area contributed by atoms with Crippen molar-refractivity contribution in [1.29, 1.82) is 0 Å². The first-order chi connectivity index (χ1) is 16.3. The van der Waals surface area contributed by atoms with Crippen LogP contribution in [0.3, 0.4) is 0 Å². The predicted molar refractivity (Wildman–Crippen MR) is 126 cm³/mol. The van der Waals surface area contributed by atoms with Crippen molar-refractivity contribution in [3.05, 3.63) is 41.4 Å². The summed E-state index contributed by atoms with van der Waals surface area (Å²) >= 11 is 0. The van der Waals surface area contributed by atoms with E-state index >= 15 is 0 Å². The molecule has 0 aliphatic heterocycles. The van der Waals surface area contributed by atoms with Gasteiger partial charge in [0.25, 0.3) is 0 Å². The molecule has 0 aliphatic rings. The quantitative estimate of drug-likeness (QED) is 0.233. The number of nitrogens with one attached hydrogen (secondary N) is 2. The zero-order valence-corrected chi connectivity index (χ0v) is 20.0. The standard InChI is InChI=1S/C23H31N7O4/c1-15-13-16(2)30(27-15)20-14-19(24-22(26-20)18-11-10-17(3)34-18)25-23(32)29(4)12-8-6-5-7-9-21(31)28-33/h10-11,13-14,33H,5-9,12H2,1-4H3,(H,28,31)(H,24,25,26,32). The van der Waals surface area contributed by atoms with E-state index in [1.54, 1.807) is 34.2 Å². The molecule has 3 amide bonds. The molecule has 3 aromatic rings. The van der Waals surface area contributed by atoms with Gasteiger partial charge in [0.05, 0.1) is 5.69 Å². The summed E-state index contributed by atoms with van der Waals surface area (Å²) in [6.07, 6.45) is 3.48. The van der Waals surface area contributed by atoms with Gasteiger partial charge in [-0.25, -0.2) is 24.9 Å². The molecule has 11 nitrogen and oxygen atoms in total. The van der Waals surface area contributed by atoms with E-state index in [4.69, 9.17) is 9.62 Å². The largest absolute Gasteiger partial charge is 0.458 e. The fraction of sp³-hybridized carbons (Fsp3) is 0.435. The number of hydrogen-bond donors (Lipinski definition) is 3. The van der Waals surface area contributed by atoms with Crippen molar-refractivity contribution in [2.24, 2.45) is 0 Å². The van der Waals surface area contributed by atoms with Crippen LogP contribution < -0.4 is 10.8 Å². The van der Waals surface area contributed by atoms with Gasteiger partial charge in [-0.3, -0.25) is 15.3 Å². The summed E-state index contributed by atoms with van der Waals surface area (Å²) in [6, 6.07) is 6.95. The number of hydroxylamine groups is 1. The Hall–Kier alpha value is -3.73. The topological polar surface area (TPSA) is 138 Å². The van der Waals surface area contributed by atoms with E-state index < -0.39 is 0 Å². The Kier molecular flexibility index (Phi) is 8.36. The van der Waals surface area contributed by atoms with Crippen molar-refractivity contribution in [1.82, 2.24) is 30.1 Å². The van der Waals surface area contributed by atoms with Gasteiger partial charge in [0.15, 0.2) is 17.4 Å². The van der Waals surface area contributed by atoms with Gasteiger partial charge in [-0.1, -0.05) is 12.8 Å². The summed E-state index contributed by atoms with van der Waals surface area (Å²) in [6.45, 7) is 6.23. The number of aryl methyl sites for hydroxylation is 3. The number of anilines is 1. The Balaban J connectivity index is 1.68. The lowest BCUT2D eigenvalue weighted by Gasteiger charge is -2.18. The number of rotatable bonds is 10. The maximum atomic E-state index is 12.8. The fourth-order valence-corrected chi connectivity index (χ4v) is 3.48. The van der Waals surface area contributed by atoms with Gasteiger partial charge in [-0.2, -0.15) is 5.10 Å². The van der Waals surface area contributed by atoms with Gasteiger partial charge in [0.1, 0.15) is 11.6 Å². The number of unbranched alkanes of at least 4 members (excludes halogenated alkanes) is 3. The van der Waals surface area contributed by atoms with Crippen LogP contribution >= 0.6 is 0 Å². The van der Waals surface area contributed by atoms with Crippen molar-refractivity contribution >= 4 is 17.8 Å². The minimum Gasteiger partial charge on any atom is -0.458 e. The smallest absolute Gasteiger partial charge is 0.322 e. The Morgan fingerprint density at radius 2 is 1.85 bits per heavy atom. The highest BCUT2D eigenvalue weighted by atomic mass is 16.5. The van der Waals surface area contributed by atoms with Crippen LogP contribution in [0.1, 0.15) is 49.3 Å². The molecule has 3 aromatic heterocycles. The van der Waals surface area contributed by atoms with E-state index in [9.17, 15) is 9.59 Å². The van der Waals surface area contributed by atoms with E-state index in [1.165, 1.54) is 0 Å². The molecule has 0 saturated heterocycles. The molecule has 0 unspecified atom stereocenters. The Morgan fingerprint density at radius 1 is 1.09 bits per heavy atom. The second-order valence-corrected chi connectivity index (χ2v) is 8.24. The first-order valence-electron chi connectivity index (χ1n) is 11.2. The molecule has 0 bridgehead atoms. The van der Waals surface area contributed by atoms with Crippen molar-refractivity contribution < 1.29 is 19.2 Å². The number of carbonyl (C=O) groups excluding carboxylic acids is 2. The second-order valence-electron chi connectivity index (χ2n) is 8.24. The number of nitrogens with zero attached hydrogens (tertiary/aromatic N) is 5. The molecule has 3 heterocycles. The van der Waals surface area contributed by atoms with E-state index in [0.29, 0.717) is 36.2 Å². The van der Waals surface area contributed by atoms with Gasteiger partial charge in [0.2, 0.25) is 5.91 Å². The average Bonchev–Trinajstić information content (AvgIpc) is 3.39. The van der Waals surface area contributed by atoms with E-state index in [0.717, 1.165) is 36.4 Å². The zero-order chi connectivity index (χ0) is 24.7. The minimum atomic E-state index is -0.384. The van der Waals surface area contributed by atoms with Gasteiger partial charge < -0.3 is 9.32 Å². The lowest BCUT2D eigenvalue weighted by Crippen LogP contribution is -2.32. The van der Waals surface area contributed by atoms with Crippen molar-refractivity contribution in [3.8, 4) is 17.4 Å². The summed E-state index contributed by atoms with van der Waals surface area (Å²) in [5.41, 5.74) is 3.39. The highest BCUT2D eigenvalue weighted by molar-refractivity contribution is 5.88. The first-order valence-corrected chi connectivity index (χ1v) is 11.2. The molecular formula is C23H31N7O4. The van der Waals surface area contributed by atoms with Crippen molar-refractivity contribution in [2.45, 2.75) is 52.9 Å². The lowest BCUT2D eigenvalue weighted by atomic mass is 10.1. The van der Waals surface area contributed by atoms with Crippen LogP contribution in [0, 0.1) is 20.8 Å². The summed E-state index contributed by atoms with van der Waals surface area (Å²) in [5.74, 6) is 2.06. The van der Waals surface area contributed by atoms with Gasteiger partial charge in [-0.05, 0) is 51.8 Å². The van der Waals surface area contributed by atoms with Crippen LogP contribution in [0.5, 0.6) is 0 Å². The second kappa shape index (κ2) is 11.4. The monoisotopic (exact) mass is 469 g/mol. The van der Waals surface area contributed by atoms with Crippen LogP contribution in [-0.4, -0.2) is 55.4 Å². The summed E-state index contributed by atoms with van der Waals surface area (Å²) in [7, 11) is 1.72. The maximum Gasteiger partial charge on any atom is 0.322 e. The zero-order valence-electron chi connectivity index (χ0n) is 20.0. The Morgan fingerprint density at radius 3 is 2.50 bits per heavy atom. The number of carbonyl (C=O) groups is 2. The molecule has 11 heteroatoms. The van der Waals surface area contributed by atoms with E-state index in [2.05, 4.69) is 20.4 Å². The lowest BCUT2D eigenvalue weighted by molar-refractivity contribution is -0.129. The molecule has 34 heavy (non-hydrogen) atoms. The highest BCUT2D eigenvalue weighted by Crippen LogP contribution is 2.23.